The first kappa shape index (κ1) is 13.1. The Balaban J connectivity index is 2.21. The molecule has 8 nitrogen and oxygen atoms in total. The Bertz CT molecular complexity index is 802. The summed E-state index contributed by atoms with van der Waals surface area (Å²) in [5.74, 6) is -1.14. The van der Waals surface area contributed by atoms with Gasteiger partial charge in [-0.05, 0) is 18.0 Å². The highest BCUT2D eigenvalue weighted by molar-refractivity contribution is 6.04. The van der Waals surface area contributed by atoms with E-state index < -0.39 is 5.92 Å². The lowest BCUT2D eigenvalue weighted by Crippen LogP contribution is -2.39. The zero-order valence-electron chi connectivity index (χ0n) is 11.3. The molecular formula is C13H12N6O2. The van der Waals surface area contributed by atoms with Crippen molar-refractivity contribution in [1.82, 2.24) is 15.1 Å². The highest BCUT2D eigenvalue weighted by Crippen LogP contribution is 2.35. The minimum Gasteiger partial charge on any atom is -0.296 e. The molecule has 0 radical (unpaired) electrons. The van der Waals surface area contributed by atoms with Gasteiger partial charge in [0.1, 0.15) is 0 Å². The molecule has 8 heteroatoms. The summed E-state index contributed by atoms with van der Waals surface area (Å²) in [6.45, 7) is 0. The van der Waals surface area contributed by atoms with Crippen LogP contribution in [0.2, 0.25) is 0 Å². The van der Waals surface area contributed by atoms with Crippen molar-refractivity contribution in [2.24, 2.45) is 12.2 Å². The Morgan fingerprint density at radius 1 is 1.48 bits per heavy atom. The molecule has 106 valence electrons. The SMILES string of the molecule is Cn1nc(C2CCC(=O)NC2=O)c2c(N=[N+]=[N-])cccc21. The first-order valence-corrected chi connectivity index (χ1v) is 6.46. The van der Waals surface area contributed by atoms with E-state index in [1.165, 1.54) is 0 Å². The number of carbonyl (C=O) groups is 2. The van der Waals surface area contributed by atoms with Gasteiger partial charge in [0.2, 0.25) is 11.8 Å². The zero-order chi connectivity index (χ0) is 15.0. The number of azide groups is 1. The fourth-order valence-corrected chi connectivity index (χ4v) is 2.66. The van der Waals surface area contributed by atoms with Crippen molar-refractivity contribution in [1.29, 1.82) is 0 Å². The summed E-state index contributed by atoms with van der Waals surface area (Å²) in [5, 5.41) is 11.0. The topological polar surface area (TPSA) is 113 Å². The van der Waals surface area contributed by atoms with E-state index in [2.05, 4.69) is 20.4 Å². The Labute approximate surface area is 119 Å². The molecule has 1 aliphatic rings. The molecule has 0 saturated carbocycles. The Hall–Kier alpha value is -2.86. The van der Waals surface area contributed by atoms with Gasteiger partial charge in [-0.25, -0.2) is 0 Å². The van der Waals surface area contributed by atoms with Gasteiger partial charge in [-0.3, -0.25) is 19.6 Å². The first-order chi connectivity index (χ1) is 10.1. The van der Waals surface area contributed by atoms with Crippen molar-refractivity contribution in [3.63, 3.8) is 0 Å². The van der Waals surface area contributed by atoms with E-state index in [1.807, 2.05) is 6.07 Å². The van der Waals surface area contributed by atoms with Gasteiger partial charge in [0.05, 0.1) is 17.1 Å². The molecule has 1 aromatic carbocycles. The number of nitrogens with one attached hydrogen (secondary N) is 1. The van der Waals surface area contributed by atoms with Gasteiger partial charge in [0.15, 0.2) is 0 Å². The molecule has 3 rings (SSSR count). The fourth-order valence-electron chi connectivity index (χ4n) is 2.66. The highest BCUT2D eigenvalue weighted by Gasteiger charge is 2.32. The Morgan fingerprint density at radius 2 is 2.29 bits per heavy atom. The number of piperidine rings is 1. The lowest BCUT2D eigenvalue weighted by molar-refractivity contribution is -0.134. The number of benzene rings is 1. The molecule has 0 spiro atoms. The van der Waals surface area contributed by atoms with Gasteiger partial charge >= 0.3 is 0 Å². The standard InChI is InChI=1S/C13H12N6O2/c1-19-9-4-2-3-8(16-18-14)11(9)12(17-19)7-5-6-10(20)15-13(7)21/h2-4,7H,5-6H2,1H3,(H,15,20,21). The molecule has 1 atom stereocenters. The smallest absolute Gasteiger partial charge is 0.235 e. The average Bonchev–Trinajstić information content (AvgIpc) is 2.78. The lowest BCUT2D eigenvalue weighted by Gasteiger charge is -2.19. The fraction of sp³-hybridized carbons (Fsp3) is 0.308. The third kappa shape index (κ3) is 2.11. The summed E-state index contributed by atoms with van der Waals surface area (Å²) in [6, 6.07) is 5.29. The monoisotopic (exact) mass is 284 g/mol. The number of aryl methyl sites for hydroxylation is 1. The number of nitrogens with zero attached hydrogens (tertiary/aromatic N) is 5. The van der Waals surface area contributed by atoms with Crippen LogP contribution in [0.4, 0.5) is 5.69 Å². The van der Waals surface area contributed by atoms with E-state index in [4.69, 9.17) is 5.53 Å². The number of fused-ring (bicyclic) bond motifs is 1. The van der Waals surface area contributed by atoms with E-state index in [-0.39, 0.29) is 18.2 Å². The van der Waals surface area contributed by atoms with E-state index in [0.29, 0.717) is 23.2 Å². The molecule has 2 aromatic rings. The van der Waals surface area contributed by atoms with Crippen LogP contribution in [-0.4, -0.2) is 21.6 Å². The summed E-state index contributed by atoms with van der Waals surface area (Å²) < 4.78 is 1.64. The van der Waals surface area contributed by atoms with E-state index in [1.54, 1.807) is 23.9 Å². The van der Waals surface area contributed by atoms with Gasteiger partial charge in [0, 0.05) is 29.5 Å². The van der Waals surface area contributed by atoms with Gasteiger partial charge in [-0.2, -0.15) is 5.10 Å². The number of amides is 2. The van der Waals surface area contributed by atoms with Crippen LogP contribution in [-0.2, 0) is 16.6 Å². The van der Waals surface area contributed by atoms with E-state index >= 15 is 0 Å². The summed E-state index contributed by atoms with van der Waals surface area (Å²) in [7, 11) is 1.76. The van der Waals surface area contributed by atoms with Gasteiger partial charge in [0.25, 0.3) is 0 Å². The lowest BCUT2D eigenvalue weighted by atomic mass is 9.92. The number of carbonyl (C=O) groups excluding carboxylic acids is 2. The quantitative estimate of drug-likeness (QED) is 0.394. The molecule has 0 bridgehead atoms. The minimum absolute atomic E-state index is 0.272. The zero-order valence-corrected chi connectivity index (χ0v) is 11.3. The van der Waals surface area contributed by atoms with Gasteiger partial charge in [-0.15, -0.1) is 0 Å². The molecule has 1 unspecified atom stereocenters. The van der Waals surface area contributed by atoms with Crippen LogP contribution in [0.15, 0.2) is 23.3 Å². The second-order valence-corrected chi connectivity index (χ2v) is 4.87. The van der Waals surface area contributed by atoms with Crippen molar-refractivity contribution in [2.45, 2.75) is 18.8 Å². The van der Waals surface area contributed by atoms with Crippen LogP contribution in [0.3, 0.4) is 0 Å². The Morgan fingerprint density at radius 3 is 3.00 bits per heavy atom. The molecule has 2 amide bonds. The number of aromatic nitrogens is 2. The normalized spacial score (nSPS) is 18.4. The van der Waals surface area contributed by atoms with Crippen molar-refractivity contribution < 1.29 is 9.59 Å². The second-order valence-electron chi connectivity index (χ2n) is 4.87. The van der Waals surface area contributed by atoms with Crippen molar-refractivity contribution >= 4 is 28.4 Å². The van der Waals surface area contributed by atoms with E-state index in [0.717, 1.165) is 5.52 Å². The highest BCUT2D eigenvalue weighted by atomic mass is 16.2. The molecule has 2 heterocycles. The van der Waals surface area contributed by atoms with Crippen LogP contribution in [0.25, 0.3) is 21.3 Å². The number of imide groups is 1. The van der Waals surface area contributed by atoms with Crippen molar-refractivity contribution in [2.75, 3.05) is 0 Å². The van der Waals surface area contributed by atoms with Crippen LogP contribution in [0, 0.1) is 0 Å². The molecular weight excluding hydrogens is 272 g/mol. The number of hydrogen-bond donors (Lipinski definition) is 1. The number of hydrogen-bond acceptors (Lipinski definition) is 4. The molecule has 1 saturated heterocycles. The largest absolute Gasteiger partial charge is 0.296 e. The predicted octanol–water partition coefficient (Wildman–Crippen LogP) is 2.04. The van der Waals surface area contributed by atoms with Crippen LogP contribution < -0.4 is 5.32 Å². The minimum atomic E-state index is -0.513. The maximum absolute atomic E-state index is 12.0. The molecule has 21 heavy (non-hydrogen) atoms. The third-order valence-corrected chi connectivity index (χ3v) is 3.60. The van der Waals surface area contributed by atoms with Crippen LogP contribution in [0.1, 0.15) is 24.5 Å². The van der Waals surface area contributed by atoms with Crippen LogP contribution in [0.5, 0.6) is 0 Å². The average molecular weight is 284 g/mol. The maximum Gasteiger partial charge on any atom is 0.235 e. The van der Waals surface area contributed by atoms with Crippen molar-refractivity contribution in [3.05, 3.63) is 34.3 Å². The van der Waals surface area contributed by atoms with Crippen molar-refractivity contribution in [3.8, 4) is 0 Å². The first-order valence-electron chi connectivity index (χ1n) is 6.46. The summed E-state index contributed by atoms with van der Waals surface area (Å²) in [6.07, 6.45) is 0.680. The maximum atomic E-state index is 12.0. The molecule has 0 aliphatic carbocycles. The molecule has 1 aliphatic heterocycles. The second kappa shape index (κ2) is 4.92. The summed E-state index contributed by atoms with van der Waals surface area (Å²) in [4.78, 5) is 26.1. The van der Waals surface area contributed by atoms with Gasteiger partial charge in [-0.1, -0.05) is 17.2 Å². The molecule has 1 fully saturated rings. The molecule has 1 N–H and O–H groups in total. The predicted molar refractivity (Wildman–Crippen MR) is 74.6 cm³/mol. The summed E-state index contributed by atoms with van der Waals surface area (Å²) in [5.41, 5.74) is 10.4. The third-order valence-electron chi connectivity index (χ3n) is 3.60. The number of rotatable bonds is 2. The van der Waals surface area contributed by atoms with Crippen LogP contribution >= 0.6 is 0 Å². The Kier molecular flexibility index (Phi) is 3.08. The molecule has 1 aromatic heterocycles. The van der Waals surface area contributed by atoms with Gasteiger partial charge < -0.3 is 0 Å². The van der Waals surface area contributed by atoms with E-state index in [9.17, 15) is 9.59 Å². The summed E-state index contributed by atoms with van der Waals surface area (Å²) >= 11 is 0.